The second-order valence-corrected chi connectivity index (χ2v) is 4.89. The van der Waals surface area contributed by atoms with Crippen LogP contribution in [0.1, 0.15) is 18.4 Å². The molecule has 0 bridgehead atoms. The number of β-lactam (4-membered cyclic amide) rings is 1. The molecule has 2 atom stereocenters. The number of benzene rings is 1. The minimum Gasteiger partial charge on any atom is -0.445 e. The van der Waals surface area contributed by atoms with Gasteiger partial charge in [0, 0.05) is 0 Å². The van der Waals surface area contributed by atoms with E-state index in [0.717, 1.165) is 18.4 Å². The zero-order valence-corrected chi connectivity index (χ0v) is 11.0. The molecule has 1 aromatic carbocycles. The van der Waals surface area contributed by atoms with Crippen molar-refractivity contribution in [1.82, 2.24) is 10.4 Å². The van der Waals surface area contributed by atoms with E-state index in [2.05, 4.69) is 5.32 Å². The van der Waals surface area contributed by atoms with Gasteiger partial charge in [0.15, 0.2) is 0 Å². The molecule has 2 amide bonds. The van der Waals surface area contributed by atoms with Crippen molar-refractivity contribution in [2.24, 2.45) is 0 Å². The molecule has 106 valence electrons. The Kier molecular flexibility index (Phi) is 3.56. The van der Waals surface area contributed by atoms with Crippen LogP contribution >= 0.6 is 0 Å². The van der Waals surface area contributed by atoms with Crippen LogP contribution in [0.2, 0.25) is 0 Å². The molecule has 3 rings (SSSR count). The second kappa shape index (κ2) is 5.50. The molecule has 2 aliphatic heterocycles. The molecule has 2 fully saturated rings. The summed E-state index contributed by atoms with van der Waals surface area (Å²) in [5.74, 6) is -0.202. The molecule has 0 spiro atoms. The monoisotopic (exact) mass is 276 g/mol. The van der Waals surface area contributed by atoms with Crippen LogP contribution in [0.15, 0.2) is 30.3 Å². The average Bonchev–Trinajstić information content (AvgIpc) is 2.51. The third-order valence-corrected chi connectivity index (χ3v) is 3.53. The summed E-state index contributed by atoms with van der Waals surface area (Å²) in [5, 5.41) is 3.96. The van der Waals surface area contributed by atoms with E-state index in [4.69, 9.17) is 9.57 Å². The van der Waals surface area contributed by atoms with Gasteiger partial charge >= 0.3 is 6.09 Å². The lowest BCUT2D eigenvalue weighted by molar-refractivity contribution is -0.250. The first-order valence-corrected chi connectivity index (χ1v) is 6.69. The number of amides is 2. The number of carbonyl (C=O) groups excluding carboxylic acids is 2. The molecule has 0 aliphatic carbocycles. The summed E-state index contributed by atoms with van der Waals surface area (Å²) in [6.07, 6.45) is 1.17. The standard InChI is InChI=1S/C14H16N2O4/c17-13-12(11-7-4-8-20-16(11)13)15-14(18)19-9-10-5-2-1-3-6-10/h1-3,5-6,11-12H,4,7-9H2,(H,15,18). The largest absolute Gasteiger partial charge is 0.445 e. The maximum absolute atomic E-state index is 11.7. The minimum atomic E-state index is -0.572. The Labute approximate surface area is 116 Å². The van der Waals surface area contributed by atoms with Crippen LogP contribution in [0.4, 0.5) is 4.79 Å². The van der Waals surface area contributed by atoms with Gasteiger partial charge in [-0.2, -0.15) is 0 Å². The molecule has 0 saturated carbocycles. The predicted molar refractivity (Wildman–Crippen MR) is 69.4 cm³/mol. The van der Waals surface area contributed by atoms with Crippen molar-refractivity contribution in [3.63, 3.8) is 0 Å². The molecule has 0 radical (unpaired) electrons. The number of hydroxylamine groups is 2. The lowest BCUT2D eigenvalue weighted by Gasteiger charge is -2.47. The summed E-state index contributed by atoms with van der Waals surface area (Å²) in [6, 6.07) is 8.83. The number of ether oxygens (including phenoxy) is 1. The van der Waals surface area contributed by atoms with E-state index in [1.54, 1.807) is 0 Å². The van der Waals surface area contributed by atoms with Gasteiger partial charge in [-0.1, -0.05) is 30.3 Å². The van der Waals surface area contributed by atoms with E-state index in [1.165, 1.54) is 5.06 Å². The van der Waals surface area contributed by atoms with Gasteiger partial charge in [0.25, 0.3) is 5.91 Å². The Morgan fingerprint density at radius 3 is 3.00 bits per heavy atom. The van der Waals surface area contributed by atoms with E-state index in [-0.39, 0.29) is 18.6 Å². The van der Waals surface area contributed by atoms with Crippen LogP contribution in [0.3, 0.4) is 0 Å². The van der Waals surface area contributed by atoms with Crippen LogP contribution in [0, 0.1) is 0 Å². The Morgan fingerprint density at radius 2 is 2.20 bits per heavy atom. The summed E-state index contributed by atoms with van der Waals surface area (Å²) in [7, 11) is 0. The summed E-state index contributed by atoms with van der Waals surface area (Å²) < 4.78 is 5.10. The molecule has 2 saturated heterocycles. The molecular weight excluding hydrogens is 260 g/mol. The molecule has 1 N–H and O–H groups in total. The molecule has 2 heterocycles. The predicted octanol–water partition coefficient (Wildman–Crippen LogP) is 1.22. The highest BCUT2D eigenvalue weighted by molar-refractivity contribution is 5.91. The first-order valence-electron chi connectivity index (χ1n) is 6.69. The highest BCUT2D eigenvalue weighted by Crippen LogP contribution is 2.28. The third kappa shape index (κ3) is 2.46. The lowest BCUT2D eigenvalue weighted by Crippen LogP contribution is -2.71. The second-order valence-electron chi connectivity index (χ2n) is 4.89. The molecule has 0 aromatic heterocycles. The van der Waals surface area contributed by atoms with Crippen molar-refractivity contribution in [3.05, 3.63) is 35.9 Å². The maximum atomic E-state index is 11.7. The number of hydrogen-bond donors (Lipinski definition) is 1. The fourth-order valence-electron chi connectivity index (χ4n) is 2.47. The highest BCUT2D eigenvalue weighted by Gasteiger charge is 2.50. The van der Waals surface area contributed by atoms with Gasteiger partial charge < -0.3 is 10.1 Å². The number of alkyl carbamates (subject to hydrolysis) is 1. The first-order chi connectivity index (χ1) is 9.75. The average molecular weight is 276 g/mol. The van der Waals surface area contributed by atoms with Gasteiger partial charge in [0.1, 0.15) is 12.6 Å². The quantitative estimate of drug-likeness (QED) is 0.843. The third-order valence-electron chi connectivity index (χ3n) is 3.53. The number of nitrogens with one attached hydrogen (secondary N) is 1. The zero-order valence-electron chi connectivity index (χ0n) is 11.0. The van der Waals surface area contributed by atoms with Crippen molar-refractivity contribution in [1.29, 1.82) is 0 Å². The van der Waals surface area contributed by atoms with E-state index in [9.17, 15) is 9.59 Å². The molecular formula is C14H16N2O4. The van der Waals surface area contributed by atoms with E-state index < -0.39 is 12.1 Å². The van der Waals surface area contributed by atoms with E-state index >= 15 is 0 Å². The fraction of sp³-hybridized carbons (Fsp3) is 0.429. The summed E-state index contributed by atoms with van der Waals surface area (Å²) in [5.41, 5.74) is 0.908. The van der Waals surface area contributed by atoms with Crippen molar-refractivity contribution < 1.29 is 19.2 Å². The summed E-state index contributed by atoms with van der Waals surface area (Å²) in [4.78, 5) is 28.7. The van der Waals surface area contributed by atoms with Crippen molar-refractivity contribution in [2.75, 3.05) is 6.61 Å². The SMILES string of the molecule is O=C(NC1C(=O)N2OCCCC12)OCc1ccccc1. The van der Waals surface area contributed by atoms with Gasteiger partial charge in [-0.25, -0.2) is 9.86 Å². The molecule has 6 heteroatoms. The van der Waals surface area contributed by atoms with Crippen molar-refractivity contribution in [3.8, 4) is 0 Å². The molecule has 6 nitrogen and oxygen atoms in total. The fourth-order valence-corrected chi connectivity index (χ4v) is 2.47. The first kappa shape index (κ1) is 12.9. The summed E-state index contributed by atoms with van der Waals surface area (Å²) in [6.45, 7) is 0.756. The van der Waals surface area contributed by atoms with Gasteiger partial charge in [-0.3, -0.25) is 9.63 Å². The van der Waals surface area contributed by atoms with Crippen LogP contribution in [0.25, 0.3) is 0 Å². The molecule has 20 heavy (non-hydrogen) atoms. The zero-order chi connectivity index (χ0) is 13.9. The smallest absolute Gasteiger partial charge is 0.408 e. The Bertz CT molecular complexity index is 505. The lowest BCUT2D eigenvalue weighted by atomic mass is 9.93. The van der Waals surface area contributed by atoms with Crippen molar-refractivity contribution >= 4 is 12.0 Å². The van der Waals surface area contributed by atoms with Gasteiger partial charge in [-0.15, -0.1) is 0 Å². The van der Waals surface area contributed by atoms with Gasteiger partial charge in [-0.05, 0) is 18.4 Å². The number of fused-ring (bicyclic) bond motifs is 1. The topological polar surface area (TPSA) is 67.9 Å². The highest BCUT2D eigenvalue weighted by atomic mass is 16.7. The van der Waals surface area contributed by atoms with Crippen LogP contribution in [-0.4, -0.2) is 35.8 Å². The van der Waals surface area contributed by atoms with Gasteiger partial charge in [0.2, 0.25) is 0 Å². The van der Waals surface area contributed by atoms with Crippen LogP contribution < -0.4 is 5.32 Å². The van der Waals surface area contributed by atoms with Gasteiger partial charge in [0.05, 0.1) is 12.6 Å². The molecule has 2 aliphatic rings. The molecule has 1 aromatic rings. The maximum Gasteiger partial charge on any atom is 0.408 e. The number of nitrogens with zero attached hydrogens (tertiary/aromatic N) is 1. The number of hydrogen-bond acceptors (Lipinski definition) is 4. The minimum absolute atomic E-state index is 0.0551. The van der Waals surface area contributed by atoms with E-state index in [1.807, 2.05) is 30.3 Å². The number of carbonyl (C=O) groups is 2. The number of rotatable bonds is 3. The van der Waals surface area contributed by atoms with Crippen molar-refractivity contribution in [2.45, 2.75) is 31.5 Å². The van der Waals surface area contributed by atoms with Crippen LogP contribution in [0.5, 0.6) is 0 Å². The normalized spacial score (nSPS) is 24.6. The molecule has 2 unspecified atom stereocenters. The van der Waals surface area contributed by atoms with E-state index in [0.29, 0.717) is 6.61 Å². The summed E-state index contributed by atoms with van der Waals surface area (Å²) >= 11 is 0. The Morgan fingerprint density at radius 1 is 1.40 bits per heavy atom. The Balaban J connectivity index is 1.48. The van der Waals surface area contributed by atoms with Crippen LogP contribution in [-0.2, 0) is 21.0 Å². The Hall–Kier alpha value is -2.08.